The number of anilines is 1. The van der Waals surface area contributed by atoms with Gasteiger partial charge < -0.3 is 24.8 Å². The van der Waals surface area contributed by atoms with E-state index < -0.39 is 5.97 Å². The quantitative estimate of drug-likeness (QED) is 0.270. The standard InChI is InChI=1S/C34H39Cl2N3O6S/c35-28-17-30(37-33(41)27-20-46-31-5-2-1-4-26(27)31)29(36)14-22(28)15-32(40)39-18-23(38-10-3-12-44-13-11-38)16-24(39)19-45-25-8-6-21(7-9-25)34(42)43/h1-2,4-5,14,17,20-21,23-25H,3,6-13,15-16,18-19H2,(H,37,41)(H,42,43)/t21-,23-,24-,25-/m0/s1. The second-order valence-electron chi connectivity index (χ2n) is 12.4. The SMILES string of the molecule is O=C(Nc1cc(Cl)c(CC(=O)N2C[C@@H](N3CCCOCC3)C[C@H]2CO[C@H]2CC[C@H](C(=O)O)CC2)cc1Cl)c1csc2ccccc12. The second-order valence-corrected chi connectivity index (χ2v) is 14.2. The number of likely N-dealkylation sites (tertiary alicyclic amines) is 1. The predicted octanol–water partition coefficient (Wildman–Crippen LogP) is 6.35. The van der Waals surface area contributed by atoms with Crippen LogP contribution < -0.4 is 5.32 Å². The lowest BCUT2D eigenvalue weighted by Crippen LogP contribution is -2.42. The summed E-state index contributed by atoms with van der Waals surface area (Å²) in [5.74, 6) is -1.37. The molecule has 0 spiro atoms. The number of amides is 2. The number of thiophene rings is 1. The molecule has 9 nitrogen and oxygen atoms in total. The molecule has 2 aromatic carbocycles. The minimum absolute atomic E-state index is 0.00117. The third-order valence-electron chi connectivity index (χ3n) is 9.49. The molecule has 1 aliphatic carbocycles. The Morgan fingerprint density at radius 3 is 2.65 bits per heavy atom. The van der Waals surface area contributed by atoms with Crippen molar-refractivity contribution in [2.24, 2.45) is 5.92 Å². The average Bonchev–Trinajstić information content (AvgIpc) is 3.58. The zero-order chi connectivity index (χ0) is 32.2. The van der Waals surface area contributed by atoms with E-state index in [0.717, 1.165) is 42.6 Å². The third kappa shape index (κ3) is 7.69. The number of aliphatic carboxylic acids is 1. The van der Waals surface area contributed by atoms with Crippen LogP contribution >= 0.6 is 34.5 Å². The van der Waals surface area contributed by atoms with E-state index in [2.05, 4.69) is 10.2 Å². The smallest absolute Gasteiger partial charge is 0.306 e. The van der Waals surface area contributed by atoms with Gasteiger partial charge in [-0.1, -0.05) is 41.4 Å². The Morgan fingerprint density at radius 1 is 1.04 bits per heavy atom. The van der Waals surface area contributed by atoms with E-state index in [4.69, 9.17) is 32.7 Å². The monoisotopic (exact) mass is 687 g/mol. The number of hydrogen-bond donors (Lipinski definition) is 2. The number of nitrogens with one attached hydrogen (secondary N) is 1. The highest BCUT2D eigenvalue weighted by Gasteiger charge is 2.39. The van der Waals surface area contributed by atoms with Crippen LogP contribution in [0.4, 0.5) is 5.69 Å². The number of halogens is 2. The molecule has 12 heteroatoms. The Morgan fingerprint density at radius 2 is 1.85 bits per heavy atom. The van der Waals surface area contributed by atoms with Crippen molar-refractivity contribution in [3.05, 3.63) is 63.0 Å². The van der Waals surface area contributed by atoms with Gasteiger partial charge in [-0.15, -0.1) is 11.3 Å². The van der Waals surface area contributed by atoms with Gasteiger partial charge >= 0.3 is 5.97 Å². The average molecular weight is 689 g/mol. The predicted molar refractivity (Wildman–Crippen MR) is 180 cm³/mol. The Labute approximate surface area is 282 Å². The lowest BCUT2D eigenvalue weighted by Gasteiger charge is -2.30. The fourth-order valence-corrected chi connectivity index (χ4v) is 8.31. The van der Waals surface area contributed by atoms with Crippen LogP contribution in [0.25, 0.3) is 10.1 Å². The molecule has 3 heterocycles. The van der Waals surface area contributed by atoms with Crippen molar-refractivity contribution in [3.63, 3.8) is 0 Å². The summed E-state index contributed by atoms with van der Waals surface area (Å²) >= 11 is 14.8. The molecule has 0 unspecified atom stereocenters. The Hall–Kier alpha value is -2.73. The molecule has 3 aromatic rings. The maximum Gasteiger partial charge on any atom is 0.306 e. The first-order chi connectivity index (χ1) is 22.3. The van der Waals surface area contributed by atoms with Gasteiger partial charge in [0.25, 0.3) is 5.91 Å². The van der Waals surface area contributed by atoms with Crippen LogP contribution in [0, 0.1) is 5.92 Å². The molecule has 2 saturated heterocycles. The fraction of sp³-hybridized carbons (Fsp3) is 0.500. The van der Waals surface area contributed by atoms with Gasteiger partial charge in [0.1, 0.15) is 0 Å². The summed E-state index contributed by atoms with van der Waals surface area (Å²) in [4.78, 5) is 42.7. The highest BCUT2D eigenvalue weighted by Crippen LogP contribution is 2.34. The molecule has 46 heavy (non-hydrogen) atoms. The highest BCUT2D eigenvalue weighted by atomic mass is 35.5. The van der Waals surface area contributed by atoms with Crippen LogP contribution in [0.3, 0.4) is 0 Å². The minimum atomic E-state index is -0.736. The number of nitrogens with zero attached hydrogens (tertiary/aromatic N) is 2. The van der Waals surface area contributed by atoms with E-state index in [-0.39, 0.29) is 42.3 Å². The van der Waals surface area contributed by atoms with Crippen molar-refractivity contribution in [2.75, 3.05) is 44.8 Å². The molecule has 0 radical (unpaired) electrons. The van der Waals surface area contributed by atoms with E-state index in [1.54, 1.807) is 12.1 Å². The number of carbonyl (C=O) groups is 3. The third-order valence-corrected chi connectivity index (χ3v) is 11.1. The molecular weight excluding hydrogens is 649 g/mol. The molecular formula is C34H39Cl2N3O6S. The van der Waals surface area contributed by atoms with Crippen molar-refractivity contribution in [3.8, 4) is 0 Å². The van der Waals surface area contributed by atoms with Gasteiger partial charge in [-0.2, -0.15) is 0 Å². The van der Waals surface area contributed by atoms with E-state index in [0.29, 0.717) is 72.3 Å². The Kier molecular flexibility index (Phi) is 10.8. The van der Waals surface area contributed by atoms with Crippen LogP contribution in [-0.4, -0.2) is 90.3 Å². The molecule has 2 N–H and O–H groups in total. The summed E-state index contributed by atoms with van der Waals surface area (Å²) in [5, 5.41) is 15.6. The summed E-state index contributed by atoms with van der Waals surface area (Å²) in [6.07, 6.45) is 4.48. The van der Waals surface area contributed by atoms with Crippen LogP contribution in [0.2, 0.25) is 10.0 Å². The van der Waals surface area contributed by atoms with Crippen LogP contribution in [-0.2, 0) is 25.5 Å². The van der Waals surface area contributed by atoms with Crippen molar-refractivity contribution in [1.82, 2.24) is 9.80 Å². The molecule has 3 aliphatic rings. The number of ether oxygens (including phenoxy) is 2. The molecule has 3 fully saturated rings. The maximum atomic E-state index is 13.9. The summed E-state index contributed by atoms with van der Waals surface area (Å²) in [6, 6.07) is 11.1. The Balaban J connectivity index is 1.13. The summed E-state index contributed by atoms with van der Waals surface area (Å²) in [6.45, 7) is 4.18. The van der Waals surface area contributed by atoms with Crippen LogP contribution in [0.5, 0.6) is 0 Å². The zero-order valence-electron chi connectivity index (χ0n) is 25.6. The lowest BCUT2D eigenvalue weighted by atomic mass is 9.87. The first-order valence-electron chi connectivity index (χ1n) is 16.0. The summed E-state index contributed by atoms with van der Waals surface area (Å²) < 4.78 is 13.0. The van der Waals surface area contributed by atoms with E-state index >= 15 is 0 Å². The number of rotatable bonds is 9. The van der Waals surface area contributed by atoms with Crippen molar-refractivity contribution >= 4 is 68.1 Å². The zero-order valence-corrected chi connectivity index (χ0v) is 27.9. The number of carboxylic acids is 1. The molecule has 2 atom stereocenters. The van der Waals surface area contributed by atoms with Gasteiger partial charge in [-0.05, 0) is 62.3 Å². The minimum Gasteiger partial charge on any atom is -0.481 e. The largest absolute Gasteiger partial charge is 0.481 e. The van der Waals surface area contributed by atoms with E-state index in [1.165, 1.54) is 11.3 Å². The normalized spacial score (nSPS) is 24.2. The maximum absolute atomic E-state index is 13.9. The van der Waals surface area contributed by atoms with Crippen molar-refractivity contribution < 1.29 is 29.0 Å². The van der Waals surface area contributed by atoms with Crippen LogP contribution in [0.15, 0.2) is 41.8 Å². The first kappa shape index (κ1) is 33.2. The molecule has 2 aliphatic heterocycles. The van der Waals surface area contributed by atoms with Gasteiger partial charge in [0.15, 0.2) is 0 Å². The molecule has 2 amide bonds. The summed E-state index contributed by atoms with van der Waals surface area (Å²) in [7, 11) is 0. The van der Waals surface area contributed by atoms with Gasteiger partial charge in [-0.25, -0.2) is 0 Å². The number of carbonyl (C=O) groups excluding carboxylic acids is 2. The second kappa shape index (κ2) is 15.0. The first-order valence-corrected chi connectivity index (χ1v) is 17.6. The number of fused-ring (bicyclic) bond motifs is 1. The van der Waals surface area contributed by atoms with Gasteiger partial charge in [0.2, 0.25) is 5.91 Å². The van der Waals surface area contributed by atoms with Gasteiger partial charge in [0, 0.05) is 52.8 Å². The van der Waals surface area contributed by atoms with E-state index in [9.17, 15) is 19.5 Å². The number of carboxylic acid groups (broad SMARTS) is 1. The fourth-order valence-electron chi connectivity index (χ4n) is 6.90. The number of hydrogen-bond acceptors (Lipinski definition) is 7. The van der Waals surface area contributed by atoms with Crippen LogP contribution in [0.1, 0.15) is 54.4 Å². The molecule has 0 bridgehead atoms. The number of benzene rings is 2. The Bertz CT molecular complexity index is 1570. The lowest BCUT2D eigenvalue weighted by molar-refractivity contribution is -0.144. The summed E-state index contributed by atoms with van der Waals surface area (Å²) in [5.41, 5.74) is 1.54. The van der Waals surface area contributed by atoms with Crippen molar-refractivity contribution in [1.29, 1.82) is 0 Å². The van der Waals surface area contributed by atoms with E-state index in [1.807, 2.05) is 34.5 Å². The molecule has 1 aromatic heterocycles. The molecule has 1 saturated carbocycles. The van der Waals surface area contributed by atoms with Gasteiger partial charge in [-0.3, -0.25) is 19.3 Å². The van der Waals surface area contributed by atoms with Crippen molar-refractivity contribution in [2.45, 2.75) is 63.1 Å². The highest BCUT2D eigenvalue weighted by molar-refractivity contribution is 7.17. The van der Waals surface area contributed by atoms with Gasteiger partial charge in [0.05, 0.1) is 54.0 Å². The molecule has 246 valence electrons. The molecule has 6 rings (SSSR count). The topological polar surface area (TPSA) is 108 Å².